The molecule has 0 aliphatic heterocycles. The number of nitrogens with zero attached hydrogens (tertiary/aromatic N) is 1. The second-order valence-corrected chi connectivity index (χ2v) is 6.36. The van der Waals surface area contributed by atoms with Crippen molar-refractivity contribution in [1.82, 2.24) is 4.90 Å². The molecule has 0 fully saturated rings. The molecule has 0 aliphatic carbocycles. The quantitative estimate of drug-likeness (QED) is 0.725. The first-order chi connectivity index (χ1) is 7.29. The van der Waals surface area contributed by atoms with Crippen molar-refractivity contribution in [2.45, 2.75) is 59.9 Å². The van der Waals surface area contributed by atoms with Crippen LogP contribution in [-0.4, -0.2) is 31.1 Å². The van der Waals surface area contributed by atoms with Crippen molar-refractivity contribution < 1.29 is 0 Å². The monoisotopic (exact) mass is 228 g/mol. The van der Waals surface area contributed by atoms with Crippen LogP contribution in [0.4, 0.5) is 0 Å². The lowest BCUT2D eigenvalue weighted by Crippen LogP contribution is -2.29. The molecule has 0 aliphatic rings. The van der Waals surface area contributed by atoms with E-state index in [4.69, 9.17) is 5.73 Å². The summed E-state index contributed by atoms with van der Waals surface area (Å²) in [6, 6.07) is 0.655. The van der Waals surface area contributed by atoms with Gasteiger partial charge in [-0.15, -0.1) is 0 Å². The highest BCUT2D eigenvalue weighted by molar-refractivity contribution is 4.75. The maximum Gasteiger partial charge on any atom is 0.00355 e. The van der Waals surface area contributed by atoms with Gasteiger partial charge in [-0.2, -0.15) is 0 Å². The first-order valence-electron chi connectivity index (χ1n) is 6.69. The van der Waals surface area contributed by atoms with Crippen LogP contribution in [0.3, 0.4) is 0 Å². The van der Waals surface area contributed by atoms with Crippen molar-refractivity contribution in [2.24, 2.45) is 17.1 Å². The van der Waals surface area contributed by atoms with Crippen LogP contribution in [0.25, 0.3) is 0 Å². The Labute approximate surface area is 103 Å². The zero-order chi connectivity index (χ0) is 12.8. The SMILES string of the molecule is CC(C)N(C)CCCC(CCN)C(C)(C)C. The Balaban J connectivity index is 3.94. The third kappa shape index (κ3) is 6.49. The van der Waals surface area contributed by atoms with Gasteiger partial charge >= 0.3 is 0 Å². The predicted octanol–water partition coefficient (Wildman–Crippen LogP) is 3.12. The molecule has 98 valence electrons. The van der Waals surface area contributed by atoms with E-state index in [9.17, 15) is 0 Å². The molecule has 2 N–H and O–H groups in total. The zero-order valence-electron chi connectivity index (χ0n) is 12.2. The highest BCUT2D eigenvalue weighted by atomic mass is 15.1. The van der Waals surface area contributed by atoms with Gasteiger partial charge in [-0.05, 0) is 64.6 Å². The van der Waals surface area contributed by atoms with Crippen molar-refractivity contribution in [1.29, 1.82) is 0 Å². The van der Waals surface area contributed by atoms with Crippen LogP contribution in [0.2, 0.25) is 0 Å². The summed E-state index contributed by atoms with van der Waals surface area (Å²) in [4.78, 5) is 2.42. The highest BCUT2D eigenvalue weighted by Crippen LogP contribution is 2.32. The molecule has 0 radical (unpaired) electrons. The lowest BCUT2D eigenvalue weighted by atomic mass is 9.76. The first kappa shape index (κ1) is 15.9. The summed E-state index contributed by atoms with van der Waals surface area (Å²) in [7, 11) is 2.21. The fraction of sp³-hybridized carbons (Fsp3) is 1.00. The predicted molar refractivity (Wildman–Crippen MR) is 73.6 cm³/mol. The molecule has 1 atom stereocenters. The fourth-order valence-corrected chi connectivity index (χ4v) is 2.06. The summed E-state index contributed by atoms with van der Waals surface area (Å²) in [6.07, 6.45) is 3.75. The summed E-state index contributed by atoms with van der Waals surface area (Å²) >= 11 is 0. The highest BCUT2D eigenvalue weighted by Gasteiger charge is 2.23. The second kappa shape index (κ2) is 7.29. The Morgan fingerprint density at radius 3 is 2.06 bits per heavy atom. The van der Waals surface area contributed by atoms with Crippen LogP contribution < -0.4 is 5.73 Å². The van der Waals surface area contributed by atoms with Crippen molar-refractivity contribution in [3.8, 4) is 0 Å². The maximum atomic E-state index is 5.70. The van der Waals surface area contributed by atoms with E-state index in [2.05, 4.69) is 46.6 Å². The number of nitrogens with two attached hydrogens (primary N) is 1. The van der Waals surface area contributed by atoms with Gasteiger partial charge in [0, 0.05) is 6.04 Å². The zero-order valence-corrected chi connectivity index (χ0v) is 12.2. The van der Waals surface area contributed by atoms with Gasteiger partial charge < -0.3 is 10.6 Å². The molecule has 0 amide bonds. The molecule has 0 aromatic rings. The first-order valence-corrected chi connectivity index (χ1v) is 6.69. The van der Waals surface area contributed by atoms with Gasteiger partial charge in [0.1, 0.15) is 0 Å². The van der Waals surface area contributed by atoms with Crippen LogP contribution in [-0.2, 0) is 0 Å². The minimum Gasteiger partial charge on any atom is -0.330 e. The minimum absolute atomic E-state index is 0.399. The lowest BCUT2D eigenvalue weighted by Gasteiger charge is -2.31. The van der Waals surface area contributed by atoms with Crippen molar-refractivity contribution >= 4 is 0 Å². The molecule has 2 heteroatoms. The Morgan fingerprint density at radius 1 is 1.12 bits per heavy atom. The third-order valence-electron chi connectivity index (χ3n) is 3.68. The summed E-state index contributed by atoms with van der Waals surface area (Å²) in [6.45, 7) is 13.5. The fourth-order valence-electron chi connectivity index (χ4n) is 2.06. The average Bonchev–Trinajstić information content (AvgIpc) is 2.14. The molecule has 0 heterocycles. The van der Waals surface area contributed by atoms with Crippen LogP contribution >= 0.6 is 0 Å². The van der Waals surface area contributed by atoms with Gasteiger partial charge in [-0.3, -0.25) is 0 Å². The molecule has 0 saturated heterocycles. The molecule has 2 nitrogen and oxygen atoms in total. The van der Waals surface area contributed by atoms with Crippen molar-refractivity contribution in [3.05, 3.63) is 0 Å². The van der Waals surface area contributed by atoms with Crippen LogP contribution in [0, 0.1) is 11.3 Å². The number of rotatable bonds is 7. The second-order valence-electron chi connectivity index (χ2n) is 6.36. The summed E-state index contributed by atoms with van der Waals surface area (Å²) < 4.78 is 0. The number of hydrogen-bond acceptors (Lipinski definition) is 2. The van der Waals surface area contributed by atoms with Gasteiger partial charge in [-0.1, -0.05) is 20.8 Å². The standard InChI is InChI=1S/C14H32N2/c1-12(2)16(6)11-7-8-13(9-10-15)14(3,4)5/h12-13H,7-11,15H2,1-6H3. The van der Waals surface area contributed by atoms with Gasteiger partial charge in [0.15, 0.2) is 0 Å². The van der Waals surface area contributed by atoms with E-state index in [-0.39, 0.29) is 0 Å². The molecule has 0 rings (SSSR count). The van der Waals surface area contributed by atoms with Gasteiger partial charge in [0.2, 0.25) is 0 Å². The molecule has 0 saturated carbocycles. The van der Waals surface area contributed by atoms with Crippen molar-refractivity contribution in [3.63, 3.8) is 0 Å². The maximum absolute atomic E-state index is 5.70. The molecule has 0 spiro atoms. The van der Waals surface area contributed by atoms with E-state index in [1.165, 1.54) is 19.4 Å². The van der Waals surface area contributed by atoms with E-state index in [1.807, 2.05) is 0 Å². The molecule has 0 aromatic heterocycles. The normalized spacial score (nSPS) is 14.8. The van der Waals surface area contributed by atoms with E-state index < -0.39 is 0 Å². The summed E-state index contributed by atoms with van der Waals surface area (Å²) in [5, 5.41) is 0. The van der Waals surface area contributed by atoms with Gasteiger partial charge in [-0.25, -0.2) is 0 Å². The van der Waals surface area contributed by atoms with E-state index in [0.717, 1.165) is 18.9 Å². The molecular formula is C14H32N2. The van der Waals surface area contributed by atoms with Crippen LogP contribution in [0.1, 0.15) is 53.9 Å². The van der Waals surface area contributed by atoms with Gasteiger partial charge in [0.25, 0.3) is 0 Å². The third-order valence-corrected chi connectivity index (χ3v) is 3.68. The van der Waals surface area contributed by atoms with Crippen molar-refractivity contribution in [2.75, 3.05) is 20.1 Å². The largest absolute Gasteiger partial charge is 0.330 e. The Bertz CT molecular complexity index is 170. The summed E-state index contributed by atoms with van der Waals surface area (Å²) in [5.41, 5.74) is 6.09. The molecular weight excluding hydrogens is 196 g/mol. The van der Waals surface area contributed by atoms with E-state index >= 15 is 0 Å². The topological polar surface area (TPSA) is 29.3 Å². The van der Waals surface area contributed by atoms with Crippen LogP contribution in [0.15, 0.2) is 0 Å². The minimum atomic E-state index is 0.399. The summed E-state index contributed by atoms with van der Waals surface area (Å²) in [5.74, 6) is 0.762. The Kier molecular flexibility index (Phi) is 7.25. The lowest BCUT2D eigenvalue weighted by molar-refractivity contribution is 0.193. The van der Waals surface area contributed by atoms with E-state index in [1.54, 1.807) is 0 Å². The molecule has 0 aromatic carbocycles. The molecule has 1 unspecified atom stereocenters. The number of hydrogen-bond donors (Lipinski definition) is 1. The Hall–Kier alpha value is -0.0800. The molecule has 16 heavy (non-hydrogen) atoms. The van der Waals surface area contributed by atoms with E-state index in [0.29, 0.717) is 11.5 Å². The smallest absolute Gasteiger partial charge is 0.00355 e. The Morgan fingerprint density at radius 2 is 1.69 bits per heavy atom. The molecule has 0 bridgehead atoms. The van der Waals surface area contributed by atoms with Crippen LogP contribution in [0.5, 0.6) is 0 Å². The van der Waals surface area contributed by atoms with Gasteiger partial charge in [0.05, 0.1) is 0 Å². The average molecular weight is 228 g/mol.